The maximum atomic E-state index is 13.9. The molecule has 4 rings (SSSR count). The van der Waals surface area contributed by atoms with Gasteiger partial charge < -0.3 is 24.4 Å². The summed E-state index contributed by atoms with van der Waals surface area (Å²) in [5, 5.41) is 3.55. The van der Waals surface area contributed by atoms with Crippen molar-refractivity contribution in [2.75, 3.05) is 27.4 Å². The maximum absolute atomic E-state index is 13.9. The average molecular weight is 555 g/mol. The SMILES string of the molecule is CCOC(=O)[C@@]12CCCC=C1N(CCc1ccc(Cl)cc1)C(=O)[C@H]2CC(=O)NCc1ccc(OC)c(OC)c1. The molecule has 2 aliphatic rings. The lowest BCUT2D eigenvalue weighted by Crippen LogP contribution is -2.43. The van der Waals surface area contributed by atoms with Crippen LogP contribution in [0, 0.1) is 11.3 Å². The van der Waals surface area contributed by atoms with E-state index in [1.54, 1.807) is 38.2 Å². The molecule has 1 fully saturated rings. The van der Waals surface area contributed by atoms with Crippen molar-refractivity contribution >= 4 is 29.4 Å². The van der Waals surface area contributed by atoms with E-state index in [-0.39, 0.29) is 31.4 Å². The van der Waals surface area contributed by atoms with Gasteiger partial charge in [-0.05, 0) is 68.0 Å². The number of esters is 1. The number of allylic oxidation sites excluding steroid dienone is 1. The zero-order chi connectivity index (χ0) is 28.0. The van der Waals surface area contributed by atoms with Crippen LogP contribution in [-0.2, 0) is 32.1 Å². The van der Waals surface area contributed by atoms with E-state index >= 15 is 0 Å². The lowest BCUT2D eigenvalue weighted by atomic mass is 9.68. The van der Waals surface area contributed by atoms with Gasteiger partial charge in [-0.1, -0.05) is 35.9 Å². The molecule has 208 valence electrons. The number of halogens is 1. The molecular weight excluding hydrogens is 520 g/mol. The minimum atomic E-state index is -1.16. The van der Waals surface area contributed by atoms with Crippen molar-refractivity contribution in [2.24, 2.45) is 11.3 Å². The predicted molar refractivity (Wildman–Crippen MR) is 147 cm³/mol. The van der Waals surface area contributed by atoms with Crippen LogP contribution in [0.25, 0.3) is 0 Å². The first-order valence-corrected chi connectivity index (χ1v) is 13.6. The highest BCUT2D eigenvalue weighted by Crippen LogP contribution is 2.53. The molecule has 1 N–H and O–H groups in total. The lowest BCUT2D eigenvalue weighted by molar-refractivity contribution is -0.158. The molecule has 2 atom stereocenters. The number of carbonyl (C=O) groups excluding carboxylic acids is 3. The summed E-state index contributed by atoms with van der Waals surface area (Å²) in [5.74, 6) is -0.641. The number of benzene rings is 2. The molecule has 9 heteroatoms. The summed E-state index contributed by atoms with van der Waals surface area (Å²) in [6, 6.07) is 12.9. The van der Waals surface area contributed by atoms with E-state index in [0.29, 0.717) is 41.6 Å². The van der Waals surface area contributed by atoms with Gasteiger partial charge in [0.2, 0.25) is 11.8 Å². The molecule has 2 amide bonds. The average Bonchev–Trinajstić information content (AvgIpc) is 3.19. The number of carbonyl (C=O) groups is 3. The summed E-state index contributed by atoms with van der Waals surface area (Å²) in [4.78, 5) is 42.2. The first-order valence-electron chi connectivity index (χ1n) is 13.2. The molecular formula is C30H35ClN2O6. The van der Waals surface area contributed by atoms with Crippen LogP contribution in [0.15, 0.2) is 54.2 Å². The van der Waals surface area contributed by atoms with Crippen molar-refractivity contribution in [1.29, 1.82) is 0 Å². The van der Waals surface area contributed by atoms with Gasteiger partial charge in [-0.2, -0.15) is 0 Å². The van der Waals surface area contributed by atoms with E-state index in [1.165, 1.54) is 0 Å². The Morgan fingerprint density at radius 1 is 1.08 bits per heavy atom. The Morgan fingerprint density at radius 3 is 2.49 bits per heavy atom. The number of rotatable bonds is 11. The third-order valence-electron chi connectivity index (χ3n) is 7.52. The van der Waals surface area contributed by atoms with Crippen molar-refractivity contribution in [3.63, 3.8) is 0 Å². The second-order valence-electron chi connectivity index (χ2n) is 9.76. The second kappa shape index (κ2) is 12.6. The van der Waals surface area contributed by atoms with E-state index in [9.17, 15) is 14.4 Å². The Kier molecular flexibility index (Phi) is 9.17. The first-order chi connectivity index (χ1) is 18.8. The molecule has 1 aliphatic carbocycles. The molecule has 0 bridgehead atoms. The smallest absolute Gasteiger partial charge is 0.318 e. The van der Waals surface area contributed by atoms with E-state index in [2.05, 4.69) is 5.32 Å². The molecule has 1 saturated heterocycles. The summed E-state index contributed by atoms with van der Waals surface area (Å²) < 4.78 is 16.1. The molecule has 0 radical (unpaired) electrons. The number of likely N-dealkylation sites (tertiary alicyclic amines) is 1. The van der Waals surface area contributed by atoms with Crippen LogP contribution < -0.4 is 14.8 Å². The van der Waals surface area contributed by atoms with Crippen molar-refractivity contribution in [1.82, 2.24) is 10.2 Å². The van der Waals surface area contributed by atoms with Crippen LogP contribution in [0.5, 0.6) is 11.5 Å². The van der Waals surface area contributed by atoms with Gasteiger partial charge in [0.15, 0.2) is 11.5 Å². The fourth-order valence-electron chi connectivity index (χ4n) is 5.59. The zero-order valence-electron chi connectivity index (χ0n) is 22.6. The molecule has 1 heterocycles. The summed E-state index contributed by atoms with van der Waals surface area (Å²) in [5.41, 5.74) is 1.36. The van der Waals surface area contributed by atoms with Crippen LogP contribution in [0.3, 0.4) is 0 Å². The number of hydrogen-bond acceptors (Lipinski definition) is 6. The van der Waals surface area contributed by atoms with Gasteiger partial charge in [0, 0.05) is 30.2 Å². The van der Waals surface area contributed by atoms with Crippen LogP contribution in [0.4, 0.5) is 0 Å². The largest absolute Gasteiger partial charge is 0.493 e. The predicted octanol–water partition coefficient (Wildman–Crippen LogP) is 4.68. The number of ether oxygens (including phenoxy) is 3. The van der Waals surface area contributed by atoms with Gasteiger partial charge >= 0.3 is 5.97 Å². The molecule has 0 spiro atoms. The monoisotopic (exact) mass is 554 g/mol. The summed E-state index contributed by atoms with van der Waals surface area (Å²) in [7, 11) is 3.11. The maximum Gasteiger partial charge on any atom is 0.318 e. The van der Waals surface area contributed by atoms with Crippen molar-refractivity contribution in [3.8, 4) is 11.5 Å². The Morgan fingerprint density at radius 2 is 1.79 bits per heavy atom. The van der Waals surface area contributed by atoms with Gasteiger partial charge in [-0.15, -0.1) is 0 Å². The fraction of sp³-hybridized carbons (Fsp3) is 0.433. The number of amides is 2. The minimum Gasteiger partial charge on any atom is -0.493 e. The van der Waals surface area contributed by atoms with Gasteiger partial charge in [0.05, 0.1) is 26.7 Å². The zero-order valence-corrected chi connectivity index (χ0v) is 23.4. The summed E-state index contributed by atoms with van der Waals surface area (Å²) in [6.07, 6.45) is 4.43. The Bertz CT molecular complexity index is 1240. The van der Waals surface area contributed by atoms with Gasteiger partial charge in [0.1, 0.15) is 5.41 Å². The van der Waals surface area contributed by atoms with E-state index in [0.717, 1.165) is 24.0 Å². The Hall–Kier alpha value is -3.52. The van der Waals surface area contributed by atoms with E-state index < -0.39 is 17.3 Å². The highest BCUT2D eigenvalue weighted by Gasteiger charge is 2.61. The molecule has 2 aromatic carbocycles. The molecule has 8 nitrogen and oxygen atoms in total. The molecule has 0 unspecified atom stereocenters. The third-order valence-corrected chi connectivity index (χ3v) is 7.78. The summed E-state index contributed by atoms with van der Waals surface area (Å²) >= 11 is 6.02. The van der Waals surface area contributed by atoms with Crippen LogP contribution in [0.1, 0.15) is 43.7 Å². The summed E-state index contributed by atoms with van der Waals surface area (Å²) in [6.45, 7) is 2.60. The number of fused-ring (bicyclic) bond motifs is 1. The fourth-order valence-corrected chi connectivity index (χ4v) is 5.72. The molecule has 1 aliphatic heterocycles. The van der Waals surface area contributed by atoms with Gasteiger partial charge in [0.25, 0.3) is 0 Å². The topological polar surface area (TPSA) is 94.2 Å². The lowest BCUT2D eigenvalue weighted by Gasteiger charge is -2.35. The Balaban J connectivity index is 1.54. The number of methoxy groups -OCH3 is 2. The van der Waals surface area contributed by atoms with Crippen LogP contribution >= 0.6 is 11.6 Å². The first kappa shape index (κ1) is 28.5. The van der Waals surface area contributed by atoms with Gasteiger partial charge in [-0.25, -0.2) is 0 Å². The van der Waals surface area contributed by atoms with E-state index in [4.69, 9.17) is 25.8 Å². The molecule has 39 heavy (non-hydrogen) atoms. The van der Waals surface area contributed by atoms with Gasteiger partial charge in [-0.3, -0.25) is 14.4 Å². The normalized spacial score (nSPS) is 20.2. The second-order valence-corrected chi connectivity index (χ2v) is 10.2. The number of nitrogens with zero attached hydrogens (tertiary/aromatic N) is 1. The number of nitrogens with one attached hydrogen (secondary N) is 1. The highest BCUT2D eigenvalue weighted by molar-refractivity contribution is 6.30. The molecule has 0 saturated carbocycles. The van der Waals surface area contributed by atoms with Crippen molar-refractivity contribution in [3.05, 3.63) is 70.4 Å². The number of hydrogen-bond donors (Lipinski definition) is 1. The van der Waals surface area contributed by atoms with E-state index in [1.807, 2.05) is 36.4 Å². The third kappa shape index (κ3) is 5.91. The molecule has 0 aromatic heterocycles. The standard InChI is InChI=1S/C30H35ClN2O6/c1-4-39-29(36)30-15-6-5-7-26(30)33(16-14-20-8-11-22(31)12-9-20)28(35)23(30)18-27(34)32-19-21-10-13-24(37-2)25(17-21)38-3/h7-13,17,23H,4-6,14-16,18-19H2,1-3H3,(H,32,34)/t23-,30-/m1/s1. The van der Waals surface area contributed by atoms with Crippen molar-refractivity contribution < 1.29 is 28.6 Å². The quantitative estimate of drug-likeness (QED) is 0.405. The highest BCUT2D eigenvalue weighted by atomic mass is 35.5. The molecule has 2 aromatic rings. The van der Waals surface area contributed by atoms with Crippen LogP contribution in [-0.4, -0.2) is 50.1 Å². The van der Waals surface area contributed by atoms with Crippen LogP contribution in [0.2, 0.25) is 5.02 Å². The van der Waals surface area contributed by atoms with Crippen molar-refractivity contribution in [2.45, 2.75) is 45.6 Å². The minimum absolute atomic E-state index is 0.111. The Labute approximate surface area is 234 Å².